The van der Waals surface area contributed by atoms with Crippen LogP contribution < -0.4 is 10.1 Å². The normalized spacial score (nSPS) is 11.8. The predicted octanol–water partition coefficient (Wildman–Crippen LogP) is 1.97. The molecule has 0 spiro atoms. The molecule has 5 nitrogen and oxygen atoms in total. The van der Waals surface area contributed by atoms with Crippen LogP contribution in [-0.4, -0.2) is 26.7 Å². The zero-order valence-corrected chi connectivity index (χ0v) is 11.9. The minimum absolute atomic E-state index is 0.0816. The third-order valence-electron chi connectivity index (χ3n) is 1.96. The van der Waals surface area contributed by atoms with E-state index < -0.39 is 15.7 Å². The number of carbonyl (C=O) groups is 1. The zero-order valence-electron chi connectivity index (χ0n) is 11.1. The second-order valence-electron chi connectivity index (χ2n) is 4.31. The molecule has 19 heavy (non-hydrogen) atoms. The summed E-state index contributed by atoms with van der Waals surface area (Å²) in [5.74, 6) is 0.211. The molecule has 0 aliphatic carbocycles. The van der Waals surface area contributed by atoms with Crippen LogP contribution >= 0.6 is 0 Å². The van der Waals surface area contributed by atoms with Gasteiger partial charge >= 0.3 is 0 Å². The fraction of sp³-hybridized carbons (Fsp3) is 0.308. The lowest BCUT2D eigenvalue weighted by Crippen LogP contribution is -2.09. The minimum Gasteiger partial charge on any atom is -0.491 e. The Labute approximate surface area is 113 Å². The summed E-state index contributed by atoms with van der Waals surface area (Å²) in [6.45, 7) is 3.84. The van der Waals surface area contributed by atoms with Crippen LogP contribution in [0.25, 0.3) is 0 Å². The first-order valence-corrected chi connectivity index (χ1v) is 7.67. The van der Waals surface area contributed by atoms with E-state index in [9.17, 15) is 13.2 Å². The van der Waals surface area contributed by atoms with E-state index >= 15 is 0 Å². The molecule has 0 fully saturated rings. The number of nitrogens with one attached hydrogen (secondary N) is 1. The first-order valence-electron chi connectivity index (χ1n) is 5.72. The molecule has 0 atom stereocenters. The van der Waals surface area contributed by atoms with Gasteiger partial charge in [0, 0.05) is 23.4 Å². The minimum atomic E-state index is -3.29. The van der Waals surface area contributed by atoms with E-state index in [2.05, 4.69) is 5.32 Å². The highest BCUT2D eigenvalue weighted by Crippen LogP contribution is 2.16. The molecular formula is C13H17NO4S. The van der Waals surface area contributed by atoms with Gasteiger partial charge in [-0.3, -0.25) is 4.79 Å². The van der Waals surface area contributed by atoms with Gasteiger partial charge in [-0.05, 0) is 38.1 Å². The summed E-state index contributed by atoms with van der Waals surface area (Å²) >= 11 is 0. The molecule has 0 unspecified atom stereocenters. The lowest BCUT2D eigenvalue weighted by molar-refractivity contribution is -0.111. The summed E-state index contributed by atoms with van der Waals surface area (Å²) in [6.07, 6.45) is 2.08. The Balaban J connectivity index is 2.63. The van der Waals surface area contributed by atoms with Crippen LogP contribution in [-0.2, 0) is 14.6 Å². The lowest BCUT2D eigenvalue weighted by Gasteiger charge is -2.10. The van der Waals surface area contributed by atoms with Crippen molar-refractivity contribution in [2.24, 2.45) is 0 Å². The van der Waals surface area contributed by atoms with E-state index in [1.165, 1.54) is 0 Å². The topological polar surface area (TPSA) is 72.5 Å². The van der Waals surface area contributed by atoms with Gasteiger partial charge in [0.15, 0.2) is 9.84 Å². The van der Waals surface area contributed by atoms with Crippen molar-refractivity contribution in [1.29, 1.82) is 0 Å². The van der Waals surface area contributed by atoms with Crippen LogP contribution in [0.15, 0.2) is 35.7 Å². The Morgan fingerprint density at radius 3 is 2.32 bits per heavy atom. The number of hydrogen-bond donors (Lipinski definition) is 1. The molecule has 0 aliphatic heterocycles. The maximum Gasteiger partial charge on any atom is 0.249 e. The van der Waals surface area contributed by atoms with Crippen LogP contribution in [0.3, 0.4) is 0 Å². The van der Waals surface area contributed by atoms with E-state index in [0.717, 1.165) is 17.7 Å². The molecule has 0 aliphatic rings. The summed E-state index contributed by atoms with van der Waals surface area (Å²) in [4.78, 5) is 11.4. The third-order valence-corrected chi connectivity index (χ3v) is 2.59. The van der Waals surface area contributed by atoms with Gasteiger partial charge in [0.2, 0.25) is 5.91 Å². The van der Waals surface area contributed by atoms with Crippen LogP contribution in [0.5, 0.6) is 5.75 Å². The smallest absolute Gasteiger partial charge is 0.249 e. The number of amides is 1. The Morgan fingerprint density at radius 2 is 1.84 bits per heavy atom. The average molecular weight is 283 g/mol. The molecule has 0 heterocycles. The number of rotatable bonds is 5. The van der Waals surface area contributed by atoms with E-state index in [1.54, 1.807) is 24.3 Å². The SMILES string of the molecule is CC(C)Oc1ccc(NC(=O)/C=C/S(C)(=O)=O)cc1. The molecule has 1 N–H and O–H groups in total. The molecule has 0 aromatic heterocycles. The standard InChI is InChI=1S/C13H17NO4S/c1-10(2)18-12-6-4-11(5-7-12)14-13(15)8-9-19(3,16)17/h4-10H,1-3H3,(H,14,15)/b9-8+. The van der Waals surface area contributed by atoms with E-state index in [4.69, 9.17) is 4.74 Å². The quantitative estimate of drug-likeness (QED) is 0.839. The molecule has 6 heteroatoms. The summed E-state index contributed by atoms with van der Waals surface area (Å²) < 4.78 is 27.2. The van der Waals surface area contributed by atoms with Gasteiger partial charge in [-0.2, -0.15) is 0 Å². The maximum absolute atomic E-state index is 11.4. The molecule has 0 saturated heterocycles. The van der Waals surface area contributed by atoms with Gasteiger partial charge in [-0.15, -0.1) is 0 Å². The molecule has 1 aromatic carbocycles. The molecule has 0 bridgehead atoms. The molecule has 1 amide bonds. The van der Waals surface area contributed by atoms with Gasteiger partial charge in [0.25, 0.3) is 0 Å². The van der Waals surface area contributed by atoms with E-state index in [-0.39, 0.29) is 6.10 Å². The fourth-order valence-electron chi connectivity index (χ4n) is 1.26. The van der Waals surface area contributed by atoms with Gasteiger partial charge in [0.1, 0.15) is 5.75 Å². The van der Waals surface area contributed by atoms with Crippen molar-refractivity contribution >= 4 is 21.4 Å². The van der Waals surface area contributed by atoms with Crippen LogP contribution in [0.1, 0.15) is 13.8 Å². The van der Waals surface area contributed by atoms with Gasteiger partial charge in [0.05, 0.1) is 6.10 Å². The third kappa shape index (κ3) is 6.61. The number of carbonyl (C=O) groups excluding carboxylic acids is 1. The summed E-state index contributed by atoms with van der Waals surface area (Å²) in [5, 5.41) is 3.41. The van der Waals surface area contributed by atoms with Crippen molar-refractivity contribution < 1.29 is 17.9 Å². The Hall–Kier alpha value is -1.82. The molecule has 1 rings (SSSR count). The molecule has 104 valence electrons. The lowest BCUT2D eigenvalue weighted by atomic mass is 10.3. The number of hydrogen-bond acceptors (Lipinski definition) is 4. The van der Waals surface area contributed by atoms with Crippen LogP contribution in [0, 0.1) is 0 Å². The first kappa shape index (κ1) is 15.2. The Kier molecular flexibility index (Phi) is 5.11. The van der Waals surface area contributed by atoms with Crippen molar-refractivity contribution in [2.75, 3.05) is 11.6 Å². The monoisotopic (exact) mass is 283 g/mol. The Bertz CT molecular complexity index is 559. The largest absolute Gasteiger partial charge is 0.491 e. The maximum atomic E-state index is 11.4. The predicted molar refractivity (Wildman–Crippen MR) is 74.8 cm³/mol. The molecular weight excluding hydrogens is 266 g/mol. The van der Waals surface area contributed by atoms with Gasteiger partial charge < -0.3 is 10.1 Å². The van der Waals surface area contributed by atoms with E-state index in [1.807, 2.05) is 13.8 Å². The number of sulfone groups is 1. The zero-order chi connectivity index (χ0) is 14.5. The summed E-state index contributed by atoms with van der Waals surface area (Å²) in [5.41, 5.74) is 0.569. The van der Waals surface area contributed by atoms with Crippen LogP contribution in [0.4, 0.5) is 5.69 Å². The summed E-state index contributed by atoms with van der Waals surface area (Å²) in [6, 6.07) is 6.83. The average Bonchev–Trinajstić information content (AvgIpc) is 2.28. The van der Waals surface area contributed by atoms with Gasteiger partial charge in [-0.25, -0.2) is 8.42 Å². The molecule has 0 radical (unpaired) electrons. The van der Waals surface area contributed by atoms with Crippen molar-refractivity contribution in [1.82, 2.24) is 0 Å². The van der Waals surface area contributed by atoms with Crippen LogP contribution in [0.2, 0.25) is 0 Å². The fourth-order valence-corrected chi connectivity index (χ4v) is 1.63. The van der Waals surface area contributed by atoms with E-state index in [0.29, 0.717) is 11.4 Å². The second kappa shape index (κ2) is 6.38. The molecule has 0 saturated carbocycles. The van der Waals surface area contributed by atoms with Crippen molar-refractivity contribution in [2.45, 2.75) is 20.0 Å². The highest BCUT2D eigenvalue weighted by atomic mass is 32.2. The molecule has 1 aromatic rings. The van der Waals surface area contributed by atoms with Crippen molar-refractivity contribution in [3.8, 4) is 5.75 Å². The number of benzene rings is 1. The highest BCUT2D eigenvalue weighted by Gasteiger charge is 2.02. The van der Waals surface area contributed by atoms with Gasteiger partial charge in [-0.1, -0.05) is 0 Å². The number of ether oxygens (including phenoxy) is 1. The first-order chi connectivity index (χ1) is 8.76. The summed E-state index contributed by atoms with van der Waals surface area (Å²) in [7, 11) is -3.29. The second-order valence-corrected chi connectivity index (χ2v) is 6.24. The van der Waals surface area contributed by atoms with Crippen molar-refractivity contribution in [3.05, 3.63) is 35.7 Å². The Morgan fingerprint density at radius 1 is 1.26 bits per heavy atom. The van der Waals surface area contributed by atoms with Crippen molar-refractivity contribution in [3.63, 3.8) is 0 Å². The highest BCUT2D eigenvalue weighted by molar-refractivity contribution is 7.93. The number of anilines is 1.